The van der Waals surface area contributed by atoms with Crippen LogP contribution in [-0.4, -0.2) is 36.9 Å². The van der Waals surface area contributed by atoms with Crippen LogP contribution in [0.4, 0.5) is 5.88 Å². The van der Waals surface area contributed by atoms with Crippen molar-refractivity contribution in [2.75, 3.05) is 24.4 Å². The van der Waals surface area contributed by atoms with Crippen molar-refractivity contribution in [3.8, 4) is 0 Å². The lowest BCUT2D eigenvalue weighted by Crippen LogP contribution is -2.17. The molecule has 7 nitrogen and oxygen atoms in total. The summed E-state index contributed by atoms with van der Waals surface area (Å²) in [6.07, 6.45) is 0.0400. The molecule has 0 fully saturated rings. The normalized spacial score (nSPS) is 10.2. The molecule has 0 aliphatic heterocycles. The van der Waals surface area contributed by atoms with Gasteiger partial charge in [0.05, 0.1) is 13.2 Å². The van der Waals surface area contributed by atoms with E-state index in [2.05, 4.69) is 5.32 Å². The highest BCUT2D eigenvalue weighted by atomic mass is 35.5. The molecule has 0 atom stereocenters. The van der Waals surface area contributed by atoms with E-state index in [1.165, 1.54) is 6.92 Å². The fourth-order valence-corrected chi connectivity index (χ4v) is 1.93. The number of aryl methyl sites for hydroxylation is 1. The van der Waals surface area contributed by atoms with E-state index in [1.54, 1.807) is 13.8 Å². The summed E-state index contributed by atoms with van der Waals surface area (Å²) in [6, 6.07) is 0. The molecular weight excluding hydrogens is 314 g/mol. The van der Waals surface area contributed by atoms with Crippen LogP contribution in [-0.2, 0) is 14.3 Å². The summed E-state index contributed by atoms with van der Waals surface area (Å²) >= 11 is 5.49. The van der Waals surface area contributed by atoms with Crippen LogP contribution < -0.4 is 5.32 Å². The van der Waals surface area contributed by atoms with Crippen LogP contribution in [0.5, 0.6) is 0 Å². The van der Waals surface area contributed by atoms with Gasteiger partial charge in [-0.25, -0.2) is 9.59 Å². The molecule has 0 aliphatic rings. The predicted molar refractivity (Wildman–Crippen MR) is 79.3 cm³/mol. The first-order valence-electron chi connectivity index (χ1n) is 6.79. The largest absolute Gasteiger partial charge is 0.462 e. The summed E-state index contributed by atoms with van der Waals surface area (Å²) in [4.78, 5) is 35.7. The lowest BCUT2D eigenvalue weighted by Gasteiger charge is -2.06. The highest BCUT2D eigenvalue weighted by Gasteiger charge is 2.31. The number of ether oxygens (including phenoxy) is 2. The van der Waals surface area contributed by atoms with Crippen molar-refractivity contribution in [3.05, 3.63) is 16.9 Å². The van der Waals surface area contributed by atoms with Gasteiger partial charge in [-0.3, -0.25) is 10.1 Å². The minimum Gasteiger partial charge on any atom is -0.462 e. The van der Waals surface area contributed by atoms with Gasteiger partial charge in [0.25, 0.3) is 0 Å². The van der Waals surface area contributed by atoms with Gasteiger partial charge in [0.1, 0.15) is 16.9 Å². The predicted octanol–water partition coefficient (Wildman–Crippen LogP) is 2.51. The average molecular weight is 332 g/mol. The summed E-state index contributed by atoms with van der Waals surface area (Å²) in [7, 11) is 0. The van der Waals surface area contributed by atoms with Gasteiger partial charge in [-0.1, -0.05) is 0 Å². The number of halogens is 1. The van der Waals surface area contributed by atoms with Crippen molar-refractivity contribution in [2.24, 2.45) is 0 Å². The standard InChI is InChI=1S/C14H18ClNO6/c1-4-20-13(18)10-8(3)22-12(16-9(17)6-7-15)11(10)14(19)21-5-2/h4-7H2,1-3H3,(H,16,17). The summed E-state index contributed by atoms with van der Waals surface area (Å²) in [5.41, 5.74) is -0.206. The Morgan fingerprint density at radius 2 is 1.64 bits per heavy atom. The maximum Gasteiger partial charge on any atom is 0.344 e. The first-order chi connectivity index (χ1) is 10.5. The zero-order valence-electron chi connectivity index (χ0n) is 12.7. The Morgan fingerprint density at radius 3 is 2.14 bits per heavy atom. The molecule has 1 amide bonds. The van der Waals surface area contributed by atoms with Crippen LogP contribution in [0.15, 0.2) is 4.42 Å². The van der Waals surface area contributed by atoms with Gasteiger partial charge >= 0.3 is 11.9 Å². The minimum absolute atomic E-state index is 0.0400. The van der Waals surface area contributed by atoms with Gasteiger partial charge < -0.3 is 13.9 Å². The third kappa shape index (κ3) is 4.24. The van der Waals surface area contributed by atoms with Gasteiger partial charge in [0.15, 0.2) is 0 Å². The molecule has 22 heavy (non-hydrogen) atoms. The number of hydrogen-bond acceptors (Lipinski definition) is 6. The number of carbonyl (C=O) groups excluding carboxylic acids is 3. The topological polar surface area (TPSA) is 94.8 Å². The van der Waals surface area contributed by atoms with Crippen molar-refractivity contribution >= 4 is 35.3 Å². The molecule has 1 rings (SSSR count). The van der Waals surface area contributed by atoms with E-state index in [-0.39, 0.29) is 48.3 Å². The monoisotopic (exact) mass is 331 g/mol. The molecule has 0 bridgehead atoms. The minimum atomic E-state index is -0.774. The zero-order chi connectivity index (χ0) is 16.7. The SMILES string of the molecule is CCOC(=O)c1c(C)oc(NC(=O)CCCl)c1C(=O)OCC. The van der Waals surface area contributed by atoms with Crippen LogP contribution in [0.2, 0.25) is 0 Å². The zero-order valence-corrected chi connectivity index (χ0v) is 13.4. The second-order valence-electron chi connectivity index (χ2n) is 4.17. The number of hydrogen-bond donors (Lipinski definition) is 1. The lowest BCUT2D eigenvalue weighted by atomic mass is 10.1. The molecule has 122 valence electrons. The van der Waals surface area contributed by atoms with Gasteiger partial charge in [-0.15, -0.1) is 11.6 Å². The molecule has 1 aromatic heterocycles. The van der Waals surface area contributed by atoms with E-state index in [0.29, 0.717) is 0 Å². The Bertz CT molecular complexity index is 566. The molecule has 0 aromatic carbocycles. The van der Waals surface area contributed by atoms with Crippen LogP contribution in [0.25, 0.3) is 0 Å². The number of alkyl halides is 1. The molecule has 0 spiro atoms. The number of nitrogens with one attached hydrogen (secondary N) is 1. The second kappa shape index (κ2) is 8.43. The van der Waals surface area contributed by atoms with Crippen LogP contribution in [0, 0.1) is 6.92 Å². The number of amides is 1. The third-order valence-corrected chi connectivity index (χ3v) is 2.81. The van der Waals surface area contributed by atoms with Crippen molar-refractivity contribution in [1.29, 1.82) is 0 Å². The number of furan rings is 1. The van der Waals surface area contributed by atoms with Crippen molar-refractivity contribution in [2.45, 2.75) is 27.2 Å². The molecule has 1 aromatic rings. The van der Waals surface area contributed by atoms with Gasteiger partial charge in [-0.05, 0) is 20.8 Å². The molecule has 0 radical (unpaired) electrons. The Morgan fingerprint density at radius 1 is 1.09 bits per heavy atom. The van der Waals surface area contributed by atoms with E-state index in [4.69, 9.17) is 25.5 Å². The summed E-state index contributed by atoms with van der Waals surface area (Å²) in [6.45, 7) is 5.01. The highest BCUT2D eigenvalue weighted by Crippen LogP contribution is 2.29. The average Bonchev–Trinajstić information content (AvgIpc) is 2.75. The van der Waals surface area contributed by atoms with Gasteiger partial charge in [0.2, 0.25) is 11.8 Å². The smallest absolute Gasteiger partial charge is 0.344 e. The maximum absolute atomic E-state index is 12.1. The van der Waals surface area contributed by atoms with E-state index >= 15 is 0 Å². The number of rotatable bonds is 7. The number of carbonyl (C=O) groups is 3. The van der Waals surface area contributed by atoms with E-state index in [9.17, 15) is 14.4 Å². The Kier molecular flexibility index (Phi) is 6.91. The van der Waals surface area contributed by atoms with E-state index in [0.717, 1.165) is 0 Å². The third-order valence-electron chi connectivity index (χ3n) is 2.62. The summed E-state index contributed by atoms with van der Waals surface area (Å²) < 4.78 is 15.1. The number of anilines is 1. The van der Waals surface area contributed by atoms with E-state index < -0.39 is 17.8 Å². The van der Waals surface area contributed by atoms with E-state index in [1.807, 2.05) is 0 Å². The lowest BCUT2D eigenvalue weighted by molar-refractivity contribution is -0.115. The van der Waals surface area contributed by atoms with Gasteiger partial charge in [0, 0.05) is 12.3 Å². The highest BCUT2D eigenvalue weighted by molar-refractivity contribution is 6.19. The van der Waals surface area contributed by atoms with Gasteiger partial charge in [-0.2, -0.15) is 0 Å². The molecule has 1 heterocycles. The van der Waals surface area contributed by atoms with Crippen LogP contribution >= 0.6 is 11.6 Å². The summed E-state index contributed by atoms with van der Waals surface area (Å²) in [5.74, 6) is -1.81. The maximum atomic E-state index is 12.1. The fraction of sp³-hybridized carbons (Fsp3) is 0.500. The van der Waals surface area contributed by atoms with Crippen LogP contribution in [0.3, 0.4) is 0 Å². The molecule has 8 heteroatoms. The van der Waals surface area contributed by atoms with Crippen molar-refractivity contribution in [3.63, 3.8) is 0 Å². The molecule has 1 N–H and O–H groups in total. The van der Waals surface area contributed by atoms with Crippen LogP contribution in [0.1, 0.15) is 46.7 Å². The molecule has 0 aliphatic carbocycles. The van der Waals surface area contributed by atoms with Crippen molar-refractivity contribution < 1.29 is 28.3 Å². The first-order valence-corrected chi connectivity index (χ1v) is 7.33. The Labute approximate surface area is 132 Å². The van der Waals surface area contributed by atoms with Crippen molar-refractivity contribution in [1.82, 2.24) is 0 Å². The Hall–Kier alpha value is -2.02. The summed E-state index contributed by atoms with van der Waals surface area (Å²) in [5, 5.41) is 2.41. The molecule has 0 saturated heterocycles. The molecule has 0 unspecified atom stereocenters. The Balaban J connectivity index is 3.26. The molecule has 0 saturated carbocycles. The quantitative estimate of drug-likeness (QED) is 0.609. The fourth-order valence-electron chi connectivity index (χ4n) is 1.75. The first kappa shape index (κ1) is 18.0. The number of esters is 2. The molecular formula is C14H18ClNO6. The second-order valence-corrected chi connectivity index (χ2v) is 4.54.